The van der Waals surface area contributed by atoms with Gasteiger partial charge < -0.3 is 10.0 Å². The van der Waals surface area contributed by atoms with Crippen LogP contribution in [0.15, 0.2) is 0 Å². The highest BCUT2D eigenvalue weighted by atomic mass is 16.3. The van der Waals surface area contributed by atoms with E-state index in [0.29, 0.717) is 19.3 Å². The molecule has 3 heterocycles. The van der Waals surface area contributed by atoms with E-state index in [1.54, 1.807) is 0 Å². The molecule has 1 atom stereocenters. The predicted octanol–water partition coefficient (Wildman–Crippen LogP) is -0.0691. The first-order chi connectivity index (χ1) is 14.1. The van der Waals surface area contributed by atoms with Crippen LogP contribution in [-0.4, -0.2) is 96.4 Å². The number of aliphatic hydroxyl groups is 1. The van der Waals surface area contributed by atoms with E-state index in [9.17, 15) is 14.7 Å². The minimum absolute atomic E-state index is 0.0803. The quantitative estimate of drug-likeness (QED) is 0.420. The summed E-state index contributed by atoms with van der Waals surface area (Å²) in [5.41, 5.74) is -0.466. The second-order valence-corrected chi connectivity index (χ2v) is 9.28. The first-order valence-electron chi connectivity index (χ1n) is 11.5. The van der Waals surface area contributed by atoms with Crippen molar-refractivity contribution in [2.75, 3.05) is 52.4 Å². The third kappa shape index (κ3) is 4.66. The van der Waals surface area contributed by atoms with Crippen LogP contribution in [-0.2, 0) is 9.59 Å². The fraction of sp³-hybridized carbons (Fsp3) is 0.905. The summed E-state index contributed by atoms with van der Waals surface area (Å²) in [6.07, 6.45) is 6.27. The molecule has 8 nitrogen and oxygen atoms in total. The Kier molecular flexibility index (Phi) is 6.86. The number of piperidine rings is 1. The fourth-order valence-corrected chi connectivity index (χ4v) is 5.54. The predicted molar refractivity (Wildman–Crippen MR) is 110 cm³/mol. The molecule has 0 bridgehead atoms. The molecular formula is C21H37N5O3. The number of carbonyl (C=O) groups is 2. The number of amides is 2. The van der Waals surface area contributed by atoms with Gasteiger partial charge >= 0.3 is 0 Å². The van der Waals surface area contributed by atoms with Crippen LogP contribution in [0.5, 0.6) is 0 Å². The van der Waals surface area contributed by atoms with Crippen molar-refractivity contribution >= 4 is 11.8 Å². The largest absolute Gasteiger partial charge is 0.383 e. The summed E-state index contributed by atoms with van der Waals surface area (Å²) in [5, 5.41) is 17.6. The van der Waals surface area contributed by atoms with Crippen molar-refractivity contribution in [2.24, 2.45) is 5.41 Å². The molecule has 3 N–H and O–H groups in total. The molecule has 1 spiro atoms. The fourth-order valence-electron chi connectivity index (χ4n) is 5.54. The van der Waals surface area contributed by atoms with Gasteiger partial charge in [-0.15, -0.1) is 0 Å². The third-order valence-electron chi connectivity index (χ3n) is 7.39. The van der Waals surface area contributed by atoms with E-state index < -0.39 is 11.5 Å². The molecule has 1 aliphatic carbocycles. The maximum Gasteiger partial charge on any atom is 0.258 e. The number of unbranched alkanes of at least 4 members (excludes halogenated alkanes) is 1. The van der Waals surface area contributed by atoms with E-state index in [4.69, 9.17) is 0 Å². The van der Waals surface area contributed by atoms with Gasteiger partial charge in [-0.05, 0) is 51.7 Å². The van der Waals surface area contributed by atoms with E-state index in [2.05, 4.69) is 20.4 Å². The molecule has 0 aromatic carbocycles. The van der Waals surface area contributed by atoms with Gasteiger partial charge in [0.25, 0.3) is 5.91 Å². The van der Waals surface area contributed by atoms with Gasteiger partial charge in [0.15, 0.2) is 0 Å². The Morgan fingerprint density at radius 1 is 0.931 bits per heavy atom. The Labute approximate surface area is 174 Å². The maximum atomic E-state index is 12.6. The number of hydrogen-bond acceptors (Lipinski definition) is 7. The first-order valence-corrected chi connectivity index (χ1v) is 11.5. The van der Waals surface area contributed by atoms with Gasteiger partial charge in [-0.3, -0.25) is 30.0 Å². The monoisotopic (exact) mass is 407 g/mol. The Balaban J connectivity index is 1.16. The van der Waals surface area contributed by atoms with Crippen LogP contribution in [0, 0.1) is 5.41 Å². The van der Waals surface area contributed by atoms with Crippen LogP contribution in [0.2, 0.25) is 0 Å². The highest BCUT2D eigenvalue weighted by molar-refractivity contribution is 6.01. The molecule has 0 aromatic heterocycles. The number of rotatable bonds is 6. The first kappa shape index (κ1) is 21.2. The van der Waals surface area contributed by atoms with Crippen LogP contribution < -0.4 is 10.6 Å². The Morgan fingerprint density at radius 2 is 1.59 bits per heavy atom. The molecule has 3 saturated heterocycles. The lowest BCUT2D eigenvalue weighted by molar-refractivity contribution is -0.166. The normalized spacial score (nSPS) is 29.8. The lowest BCUT2D eigenvalue weighted by atomic mass is 9.74. The summed E-state index contributed by atoms with van der Waals surface area (Å²) in [5.74, 6) is -0.437. The summed E-state index contributed by atoms with van der Waals surface area (Å²) in [7, 11) is 0. The number of piperazine rings is 1. The molecule has 0 radical (unpaired) electrons. The SMILES string of the molecule is O=C1CC2(CCCC2)C(O)C(=O)N1CCCCN1CCN(C2NCCCN2)CC1. The molecule has 2 amide bonds. The molecule has 4 aliphatic rings. The number of hydrogen-bond donors (Lipinski definition) is 3. The highest BCUT2D eigenvalue weighted by Gasteiger charge is 2.51. The molecule has 4 rings (SSSR count). The van der Waals surface area contributed by atoms with Crippen LogP contribution in [0.4, 0.5) is 0 Å². The molecule has 3 aliphatic heterocycles. The molecule has 8 heteroatoms. The van der Waals surface area contributed by atoms with Crippen LogP contribution >= 0.6 is 0 Å². The smallest absolute Gasteiger partial charge is 0.258 e. The van der Waals surface area contributed by atoms with Crippen LogP contribution in [0.25, 0.3) is 0 Å². The van der Waals surface area contributed by atoms with Crippen molar-refractivity contribution in [2.45, 2.75) is 63.8 Å². The number of aliphatic hydroxyl groups excluding tert-OH is 1. The Hall–Kier alpha value is -1.06. The minimum atomic E-state index is -0.988. The molecule has 29 heavy (non-hydrogen) atoms. The third-order valence-corrected chi connectivity index (χ3v) is 7.39. The summed E-state index contributed by atoms with van der Waals surface area (Å²) in [4.78, 5) is 31.4. The van der Waals surface area contributed by atoms with Crippen molar-refractivity contribution in [1.82, 2.24) is 25.3 Å². The van der Waals surface area contributed by atoms with Gasteiger partial charge in [0.1, 0.15) is 12.4 Å². The standard InChI is InChI=1S/C21H37N5O3/c27-17-16-21(6-1-2-7-21)18(28)19(29)26(17)11-4-3-10-24-12-14-25(15-13-24)20-22-8-5-9-23-20/h18,20,22-23,28H,1-16H2. The highest BCUT2D eigenvalue weighted by Crippen LogP contribution is 2.47. The number of likely N-dealkylation sites (tertiary alicyclic amines) is 1. The maximum absolute atomic E-state index is 12.6. The second kappa shape index (κ2) is 9.39. The minimum Gasteiger partial charge on any atom is -0.383 e. The van der Waals surface area contributed by atoms with Crippen molar-refractivity contribution in [3.05, 3.63) is 0 Å². The van der Waals surface area contributed by atoms with E-state index in [-0.39, 0.29) is 11.8 Å². The molecule has 1 saturated carbocycles. The number of imide groups is 1. The average molecular weight is 408 g/mol. The van der Waals surface area contributed by atoms with E-state index in [1.807, 2.05) is 0 Å². The molecular weight excluding hydrogens is 370 g/mol. The molecule has 1 unspecified atom stereocenters. The van der Waals surface area contributed by atoms with E-state index in [1.165, 1.54) is 11.3 Å². The zero-order valence-corrected chi connectivity index (χ0v) is 17.6. The lowest BCUT2D eigenvalue weighted by Crippen LogP contribution is -2.62. The van der Waals surface area contributed by atoms with E-state index in [0.717, 1.165) is 84.3 Å². The van der Waals surface area contributed by atoms with Crippen molar-refractivity contribution in [3.8, 4) is 0 Å². The van der Waals surface area contributed by atoms with Gasteiger partial charge in [0, 0.05) is 44.6 Å². The van der Waals surface area contributed by atoms with Crippen LogP contribution in [0.3, 0.4) is 0 Å². The summed E-state index contributed by atoms with van der Waals surface area (Å²) >= 11 is 0. The molecule has 164 valence electrons. The van der Waals surface area contributed by atoms with Crippen molar-refractivity contribution in [1.29, 1.82) is 0 Å². The summed E-state index contributed by atoms with van der Waals surface area (Å²) in [6.45, 7) is 7.85. The van der Waals surface area contributed by atoms with Crippen molar-refractivity contribution < 1.29 is 14.7 Å². The summed E-state index contributed by atoms with van der Waals surface area (Å²) in [6, 6.07) is 0. The number of carbonyl (C=O) groups excluding carboxylic acids is 2. The zero-order chi connectivity index (χ0) is 20.3. The number of nitrogens with zero attached hydrogens (tertiary/aromatic N) is 3. The number of nitrogens with one attached hydrogen (secondary N) is 2. The molecule has 4 fully saturated rings. The summed E-state index contributed by atoms with van der Waals surface area (Å²) < 4.78 is 0. The van der Waals surface area contributed by atoms with Gasteiger partial charge in [-0.25, -0.2) is 0 Å². The van der Waals surface area contributed by atoms with Gasteiger partial charge in [0.2, 0.25) is 5.91 Å². The Morgan fingerprint density at radius 3 is 2.28 bits per heavy atom. The average Bonchev–Trinajstić information content (AvgIpc) is 3.22. The zero-order valence-electron chi connectivity index (χ0n) is 17.6. The van der Waals surface area contributed by atoms with Crippen molar-refractivity contribution in [3.63, 3.8) is 0 Å². The van der Waals surface area contributed by atoms with Gasteiger partial charge in [0.05, 0.1) is 0 Å². The topological polar surface area (TPSA) is 88.2 Å². The Bertz CT molecular complexity index is 581. The molecule has 0 aromatic rings. The second-order valence-electron chi connectivity index (χ2n) is 9.28. The van der Waals surface area contributed by atoms with Crippen LogP contribution in [0.1, 0.15) is 51.4 Å². The van der Waals surface area contributed by atoms with E-state index >= 15 is 0 Å². The lowest BCUT2D eigenvalue weighted by Gasteiger charge is -2.42. The van der Waals surface area contributed by atoms with Gasteiger partial charge in [-0.2, -0.15) is 0 Å². The van der Waals surface area contributed by atoms with Gasteiger partial charge in [-0.1, -0.05) is 12.8 Å².